The molecule has 0 radical (unpaired) electrons. The van der Waals surface area contributed by atoms with E-state index in [2.05, 4.69) is 56.0 Å². The van der Waals surface area contributed by atoms with E-state index in [9.17, 15) is 4.79 Å². The Kier molecular flexibility index (Phi) is 5.47. The van der Waals surface area contributed by atoms with Gasteiger partial charge in [-0.15, -0.1) is 0 Å². The van der Waals surface area contributed by atoms with Crippen LogP contribution in [0.1, 0.15) is 12.6 Å². The highest BCUT2D eigenvalue weighted by Crippen LogP contribution is 2.33. The first-order chi connectivity index (χ1) is 16.5. The van der Waals surface area contributed by atoms with E-state index >= 15 is 0 Å². The van der Waals surface area contributed by atoms with Crippen LogP contribution in [-0.2, 0) is 18.3 Å². The Morgan fingerprint density at radius 2 is 2.00 bits per heavy atom. The van der Waals surface area contributed by atoms with E-state index in [1.165, 1.54) is 6.08 Å². The number of fused-ring (bicyclic) bond motifs is 1. The largest absolute Gasteiger partial charge is 0.346 e. The molecule has 1 amide bonds. The molecule has 0 aliphatic carbocycles. The van der Waals surface area contributed by atoms with Crippen molar-refractivity contribution in [2.45, 2.75) is 13.3 Å². The number of nitrogens with zero attached hydrogens (tertiary/aromatic N) is 5. The van der Waals surface area contributed by atoms with Gasteiger partial charge < -0.3 is 10.3 Å². The van der Waals surface area contributed by atoms with Gasteiger partial charge in [-0.2, -0.15) is 5.10 Å². The lowest BCUT2D eigenvalue weighted by Gasteiger charge is -2.09. The number of aromatic amines is 1. The number of hydrogen-bond acceptors (Lipinski definition) is 5. The number of rotatable bonds is 6. The Balaban J connectivity index is 1.64. The van der Waals surface area contributed by atoms with Gasteiger partial charge in [0.2, 0.25) is 5.91 Å². The number of carbonyl (C=O) groups excluding carboxylic acids is 1. The maximum Gasteiger partial charge on any atom is 0.248 e. The molecule has 0 fully saturated rings. The number of amides is 1. The van der Waals surface area contributed by atoms with Crippen molar-refractivity contribution in [1.29, 1.82) is 0 Å². The quantitative estimate of drug-likeness (QED) is 0.364. The van der Waals surface area contributed by atoms with Gasteiger partial charge in [0.25, 0.3) is 0 Å². The second-order valence-corrected chi connectivity index (χ2v) is 7.93. The van der Waals surface area contributed by atoms with Crippen LogP contribution in [0.25, 0.3) is 44.5 Å². The van der Waals surface area contributed by atoms with E-state index in [1.807, 2.05) is 50.0 Å². The fourth-order valence-electron chi connectivity index (χ4n) is 3.88. The van der Waals surface area contributed by atoms with Crippen molar-refractivity contribution < 1.29 is 4.79 Å². The Morgan fingerprint density at radius 1 is 1.12 bits per heavy atom. The number of pyridine rings is 3. The first kappa shape index (κ1) is 21.3. The molecule has 0 unspecified atom stereocenters. The molecule has 8 heteroatoms. The Bertz CT molecular complexity index is 1530. The zero-order valence-electron chi connectivity index (χ0n) is 18.9. The van der Waals surface area contributed by atoms with Crippen LogP contribution in [0.3, 0.4) is 0 Å². The van der Waals surface area contributed by atoms with Gasteiger partial charge in [-0.3, -0.25) is 14.5 Å². The van der Waals surface area contributed by atoms with Crippen LogP contribution < -0.4 is 5.32 Å². The summed E-state index contributed by atoms with van der Waals surface area (Å²) < 4.78 is 1.71. The molecule has 0 aliphatic rings. The van der Waals surface area contributed by atoms with Crippen LogP contribution in [-0.4, -0.2) is 35.6 Å². The third-order valence-corrected chi connectivity index (χ3v) is 5.62. The molecule has 0 saturated carbocycles. The minimum atomic E-state index is -0.326. The maximum absolute atomic E-state index is 12.0. The number of H-pyrrole nitrogens is 1. The highest BCUT2D eigenvalue weighted by Gasteiger charge is 2.13. The molecule has 0 aromatic carbocycles. The molecule has 2 N–H and O–H groups in total. The molecular weight excluding hydrogens is 426 g/mol. The summed E-state index contributed by atoms with van der Waals surface area (Å²) in [7, 11) is 1.85. The smallest absolute Gasteiger partial charge is 0.248 e. The van der Waals surface area contributed by atoms with Crippen LogP contribution >= 0.6 is 0 Å². The van der Waals surface area contributed by atoms with Gasteiger partial charge in [-0.25, -0.2) is 9.97 Å². The lowest BCUT2D eigenvalue weighted by atomic mass is 10.0. The molecule has 5 rings (SSSR count). The van der Waals surface area contributed by atoms with E-state index < -0.39 is 0 Å². The van der Waals surface area contributed by atoms with Gasteiger partial charge in [-0.1, -0.05) is 13.5 Å². The summed E-state index contributed by atoms with van der Waals surface area (Å²) in [6.45, 7) is 5.62. The highest BCUT2D eigenvalue weighted by molar-refractivity contribution is 5.99. The molecule has 34 heavy (non-hydrogen) atoms. The average molecular weight is 450 g/mol. The number of aryl methyl sites for hydroxylation is 2. The number of anilines is 1. The van der Waals surface area contributed by atoms with E-state index in [0.29, 0.717) is 11.5 Å². The molecule has 168 valence electrons. The third kappa shape index (κ3) is 4.09. The topological polar surface area (TPSA) is 101 Å². The Hall–Kier alpha value is -4.59. The van der Waals surface area contributed by atoms with E-state index in [-0.39, 0.29) is 5.91 Å². The Morgan fingerprint density at radius 3 is 2.76 bits per heavy atom. The lowest BCUT2D eigenvalue weighted by molar-refractivity contribution is -0.111. The molecule has 0 bridgehead atoms. The summed E-state index contributed by atoms with van der Waals surface area (Å²) in [6.07, 6.45) is 11.3. The van der Waals surface area contributed by atoms with Crippen molar-refractivity contribution in [1.82, 2.24) is 29.7 Å². The number of nitrogens with one attached hydrogen (secondary N) is 2. The first-order valence-electron chi connectivity index (χ1n) is 10.9. The number of aromatic nitrogens is 6. The Labute approximate surface area is 196 Å². The standard InChI is InChI=1S/C26H23N7O/c1-4-20-8-16(6-7-27-20)22-14-29-26-21(22)9-18(12-28-26)17-10-23(19-13-30-33(3)15-19)31-24(11-17)32-25(34)5-2/h5-15H,2,4H2,1,3H3,(H,28,29)(H,31,32,34). The van der Waals surface area contributed by atoms with Gasteiger partial charge in [0.15, 0.2) is 0 Å². The van der Waals surface area contributed by atoms with E-state index in [1.54, 1.807) is 10.9 Å². The molecule has 0 aliphatic heterocycles. The zero-order chi connectivity index (χ0) is 23.7. The SMILES string of the molecule is C=CC(=O)Nc1cc(-c2cnc3[nH]cc(-c4ccnc(CC)c4)c3c2)cc(-c2cnn(C)c2)n1. The van der Waals surface area contributed by atoms with Crippen molar-refractivity contribution in [2.75, 3.05) is 5.32 Å². The van der Waals surface area contributed by atoms with Crippen LogP contribution in [0.4, 0.5) is 5.82 Å². The molecule has 5 aromatic rings. The van der Waals surface area contributed by atoms with E-state index in [0.717, 1.165) is 51.0 Å². The van der Waals surface area contributed by atoms with E-state index in [4.69, 9.17) is 0 Å². The van der Waals surface area contributed by atoms with Crippen molar-refractivity contribution in [2.24, 2.45) is 7.05 Å². The normalized spacial score (nSPS) is 11.0. The minimum absolute atomic E-state index is 0.326. The summed E-state index contributed by atoms with van der Waals surface area (Å²) >= 11 is 0. The molecule has 5 aromatic heterocycles. The van der Waals surface area contributed by atoms with Crippen molar-refractivity contribution >= 4 is 22.8 Å². The molecule has 8 nitrogen and oxygen atoms in total. The van der Waals surface area contributed by atoms with Crippen molar-refractivity contribution in [3.63, 3.8) is 0 Å². The molecule has 0 saturated heterocycles. The highest BCUT2D eigenvalue weighted by atomic mass is 16.1. The predicted molar refractivity (Wildman–Crippen MR) is 133 cm³/mol. The molecular formula is C26H23N7O. The number of carbonyl (C=O) groups is 1. The fraction of sp³-hybridized carbons (Fsp3) is 0.115. The van der Waals surface area contributed by atoms with Crippen molar-refractivity contribution in [3.05, 3.63) is 79.7 Å². The summed E-state index contributed by atoms with van der Waals surface area (Å²) in [4.78, 5) is 28.9. The molecule has 0 atom stereocenters. The van der Waals surface area contributed by atoms with Crippen LogP contribution in [0.15, 0.2) is 74.0 Å². The minimum Gasteiger partial charge on any atom is -0.346 e. The second-order valence-electron chi connectivity index (χ2n) is 7.93. The summed E-state index contributed by atoms with van der Waals surface area (Å²) in [5, 5.41) is 8.02. The van der Waals surface area contributed by atoms with Crippen LogP contribution in [0.5, 0.6) is 0 Å². The molecule has 5 heterocycles. The molecule has 0 spiro atoms. The zero-order valence-corrected chi connectivity index (χ0v) is 18.9. The van der Waals surface area contributed by atoms with Crippen LogP contribution in [0.2, 0.25) is 0 Å². The van der Waals surface area contributed by atoms with Crippen molar-refractivity contribution in [3.8, 4) is 33.5 Å². The average Bonchev–Trinajstić information content (AvgIpc) is 3.49. The third-order valence-electron chi connectivity index (χ3n) is 5.62. The van der Waals surface area contributed by atoms with Crippen LogP contribution in [0, 0.1) is 0 Å². The number of hydrogen-bond donors (Lipinski definition) is 2. The summed E-state index contributed by atoms with van der Waals surface area (Å²) in [5.41, 5.74) is 7.30. The van der Waals surface area contributed by atoms with Gasteiger partial charge in [-0.05, 0) is 54.0 Å². The van der Waals surface area contributed by atoms with Gasteiger partial charge in [0, 0.05) is 59.6 Å². The van der Waals surface area contributed by atoms with Gasteiger partial charge >= 0.3 is 0 Å². The second kappa shape index (κ2) is 8.74. The maximum atomic E-state index is 12.0. The summed E-state index contributed by atoms with van der Waals surface area (Å²) in [5.74, 6) is 0.102. The summed E-state index contributed by atoms with van der Waals surface area (Å²) in [6, 6.07) is 10.0. The monoisotopic (exact) mass is 449 g/mol. The fourth-order valence-corrected chi connectivity index (χ4v) is 3.88. The predicted octanol–water partition coefficient (Wildman–Crippen LogP) is 4.77. The van der Waals surface area contributed by atoms with Gasteiger partial charge in [0.1, 0.15) is 11.5 Å². The first-order valence-corrected chi connectivity index (χ1v) is 10.9. The lowest BCUT2D eigenvalue weighted by Crippen LogP contribution is -2.09. The van der Waals surface area contributed by atoms with Gasteiger partial charge in [0.05, 0.1) is 11.9 Å².